The van der Waals surface area contributed by atoms with E-state index in [1.807, 2.05) is 26.8 Å². The summed E-state index contributed by atoms with van der Waals surface area (Å²) >= 11 is 1.37. The molecule has 248 valence electrons. The van der Waals surface area contributed by atoms with Gasteiger partial charge in [0, 0.05) is 34.9 Å². The molecule has 12 heteroatoms. The predicted molar refractivity (Wildman–Crippen MR) is 187 cm³/mol. The van der Waals surface area contributed by atoms with Crippen LogP contribution in [0.3, 0.4) is 0 Å². The fourth-order valence-corrected chi connectivity index (χ4v) is 8.74. The Morgan fingerprint density at radius 1 is 0.938 bits per heavy atom. The van der Waals surface area contributed by atoms with Crippen LogP contribution in [0.4, 0.5) is 0 Å². The average Bonchev–Trinajstić information content (AvgIpc) is 3.50. The summed E-state index contributed by atoms with van der Waals surface area (Å²) in [5, 5.41) is 33.0. The molecule has 1 aromatic carbocycles. The Morgan fingerprint density at radius 2 is 1.60 bits per heavy atom. The number of benzene rings is 1. The number of nitrogens with zero attached hydrogens (tertiary/aromatic N) is 1. The van der Waals surface area contributed by atoms with Crippen LogP contribution < -0.4 is 42.4 Å². The first kappa shape index (κ1) is 33.0. The number of aromatic hydroxyl groups is 1. The molecule has 4 N–H and O–H groups in total. The number of thioether (sulfide) groups is 1. The van der Waals surface area contributed by atoms with E-state index in [-0.39, 0.29) is 17.4 Å². The number of methoxy groups -OCH3 is 1. The van der Waals surface area contributed by atoms with Crippen molar-refractivity contribution in [3.05, 3.63) is 125 Å². The van der Waals surface area contributed by atoms with Crippen molar-refractivity contribution in [1.29, 1.82) is 0 Å². The second-order valence-electron chi connectivity index (χ2n) is 11.8. The van der Waals surface area contributed by atoms with Crippen LogP contribution in [0.2, 0.25) is 0 Å². The zero-order valence-corrected chi connectivity index (χ0v) is 27.6. The number of allylic oxidation sites excluding steroid dienone is 3. The van der Waals surface area contributed by atoms with Gasteiger partial charge < -0.3 is 29.9 Å². The fraction of sp³-hybridized carbons (Fsp3) is 0.306. The van der Waals surface area contributed by atoms with Crippen LogP contribution in [-0.4, -0.2) is 63.0 Å². The highest BCUT2D eigenvalue weighted by Gasteiger charge is 2.59. The zero-order chi connectivity index (χ0) is 34.7. The van der Waals surface area contributed by atoms with E-state index in [9.17, 15) is 39.3 Å². The number of hydrogen-bond donors (Lipinski definition) is 4. The molecule has 1 aromatic heterocycles. The molecule has 2 atom stereocenters. The normalized spacial score (nSPS) is 18.8. The second kappa shape index (κ2) is 12.3. The summed E-state index contributed by atoms with van der Waals surface area (Å²) in [5.74, 6) is -1.90. The van der Waals surface area contributed by atoms with E-state index >= 15 is 0 Å². The molecule has 0 fully saturated rings. The number of H-pyrrole nitrogens is 1. The molecule has 11 nitrogen and oxygen atoms in total. The van der Waals surface area contributed by atoms with Gasteiger partial charge in [0.05, 0.1) is 33.4 Å². The summed E-state index contributed by atoms with van der Waals surface area (Å²) in [6, 6.07) is 4.20. The molecule has 0 saturated heterocycles. The number of aliphatic hydroxyl groups is 2. The Labute approximate surface area is 276 Å². The first-order valence-corrected chi connectivity index (χ1v) is 16.6. The minimum Gasteiger partial charge on any atom is -0.510 e. The fourth-order valence-electron chi connectivity index (χ4n) is 7.21. The first-order chi connectivity index (χ1) is 23.0. The topological polar surface area (TPSA) is 174 Å². The van der Waals surface area contributed by atoms with E-state index in [0.717, 1.165) is 26.3 Å². The zero-order valence-electron chi connectivity index (χ0n) is 26.8. The summed E-state index contributed by atoms with van der Waals surface area (Å²) < 4.78 is 4.98. The number of phenolic OH excluding ortho intramolecular Hbond substituents is 1. The monoisotopic (exact) mass is 670 g/mol. The average molecular weight is 671 g/mol. The van der Waals surface area contributed by atoms with Crippen LogP contribution in [-0.2, 0) is 11.8 Å². The van der Waals surface area contributed by atoms with Crippen LogP contribution >= 0.6 is 11.8 Å². The summed E-state index contributed by atoms with van der Waals surface area (Å²) in [6.07, 6.45) is 7.24. The van der Waals surface area contributed by atoms with Gasteiger partial charge in [0.2, 0.25) is 16.3 Å². The Balaban J connectivity index is 1.72. The maximum absolute atomic E-state index is 14.0. The van der Waals surface area contributed by atoms with Gasteiger partial charge in [0.25, 0.3) is 5.56 Å². The largest absolute Gasteiger partial charge is 0.510 e. The van der Waals surface area contributed by atoms with Crippen molar-refractivity contribution in [2.24, 2.45) is 0 Å². The van der Waals surface area contributed by atoms with Crippen LogP contribution in [0.5, 0.6) is 11.5 Å². The molecule has 0 amide bonds. The number of aliphatic hydroxyl groups excluding tert-OH is 2. The minimum atomic E-state index is -2.04. The molecule has 1 heterocycles. The van der Waals surface area contributed by atoms with Gasteiger partial charge in [-0.2, -0.15) is 11.8 Å². The second-order valence-corrected chi connectivity index (χ2v) is 13.1. The van der Waals surface area contributed by atoms with Crippen molar-refractivity contribution in [2.75, 3.05) is 32.5 Å². The smallest absolute Gasteiger partial charge is 0.260 e. The summed E-state index contributed by atoms with van der Waals surface area (Å²) in [7, 11) is 1.14. The van der Waals surface area contributed by atoms with Crippen molar-refractivity contribution in [3.8, 4) is 11.5 Å². The Bertz CT molecular complexity index is 2540. The van der Waals surface area contributed by atoms with E-state index in [4.69, 9.17) is 4.74 Å². The van der Waals surface area contributed by atoms with E-state index in [1.54, 1.807) is 30.4 Å². The van der Waals surface area contributed by atoms with Gasteiger partial charge in [-0.25, -0.2) is 0 Å². The number of aromatic amines is 1. The molecule has 0 saturated carbocycles. The lowest BCUT2D eigenvalue weighted by molar-refractivity contribution is 0.323. The molecule has 48 heavy (non-hydrogen) atoms. The van der Waals surface area contributed by atoms with Crippen molar-refractivity contribution in [3.63, 3.8) is 0 Å². The molecule has 1 unspecified atom stereocenters. The number of rotatable bonds is 9. The molecule has 6 rings (SSSR count). The third kappa shape index (κ3) is 4.57. The van der Waals surface area contributed by atoms with Crippen LogP contribution in [0.1, 0.15) is 37.6 Å². The number of nitrogens with one attached hydrogen (secondary N) is 1. The lowest BCUT2D eigenvalue weighted by atomic mass is 9.78. The number of aromatic nitrogens is 1. The van der Waals surface area contributed by atoms with Crippen LogP contribution in [0, 0.1) is 10.4 Å². The molecule has 0 radical (unpaired) electrons. The van der Waals surface area contributed by atoms with Crippen molar-refractivity contribution < 1.29 is 20.1 Å². The number of fused-ring (bicyclic) bond motifs is 4. The summed E-state index contributed by atoms with van der Waals surface area (Å²) in [5.41, 5.74) is -5.87. The molecular weight excluding hydrogens is 636 g/mol. The lowest BCUT2D eigenvalue weighted by Gasteiger charge is -2.33. The number of pyridine rings is 1. The van der Waals surface area contributed by atoms with Crippen molar-refractivity contribution >= 4 is 40.1 Å². The van der Waals surface area contributed by atoms with Gasteiger partial charge in [-0.15, -0.1) is 0 Å². The first-order valence-electron chi connectivity index (χ1n) is 15.6. The van der Waals surface area contributed by atoms with Gasteiger partial charge in [0.15, 0.2) is 11.2 Å². The van der Waals surface area contributed by atoms with E-state index in [2.05, 4.69) is 9.88 Å². The molecule has 2 aromatic rings. The van der Waals surface area contributed by atoms with E-state index in [0.29, 0.717) is 28.9 Å². The highest BCUT2D eigenvalue weighted by molar-refractivity contribution is 8.00. The van der Waals surface area contributed by atoms with Gasteiger partial charge in [-0.05, 0) is 49.5 Å². The highest BCUT2D eigenvalue weighted by Crippen LogP contribution is 2.57. The SMILES string of the molecule is CC=CC=Cc1cc2cc3c(c(O)c2c(=O)[nH]1)[C@@]1(C(O)=c2c(=O)c4c(=O)cc(OC)c(=O)c=4c(=O)c2=C1O)C(SCCN(CC)CC)C3. The van der Waals surface area contributed by atoms with Crippen LogP contribution in [0.15, 0.2) is 60.4 Å². The summed E-state index contributed by atoms with van der Waals surface area (Å²) in [6.45, 7) is 8.13. The van der Waals surface area contributed by atoms with E-state index < -0.39 is 81.8 Å². The quantitative estimate of drug-likeness (QED) is 0.188. The van der Waals surface area contributed by atoms with Gasteiger partial charge >= 0.3 is 0 Å². The van der Waals surface area contributed by atoms with Crippen LogP contribution in [0.25, 0.3) is 28.4 Å². The Kier molecular flexibility index (Phi) is 8.42. The molecular formula is C36H34N2O9S. The van der Waals surface area contributed by atoms with Gasteiger partial charge in [-0.1, -0.05) is 38.1 Å². The third-order valence-electron chi connectivity index (χ3n) is 9.50. The standard InChI is InChI=1S/C36H34N2O9S/c1-5-8-9-10-19-14-17-13-18-15-22(48-12-11-38(6-2)7-3)36(28(18)32(43)23(17)35(46)37-19)33(44)26-27(34(36)45)31(42)25-24(30(26)41)20(39)16-21(47-4)29(25)40/h5,8-10,13-14,16,22,43-45H,6-7,11-12,15H2,1-4H3,(H,37,46)/t22?,36-/m1/s1. The molecule has 4 aliphatic rings. The minimum absolute atomic E-state index is 0.0191. The Hall–Kier alpha value is -4.94. The highest BCUT2D eigenvalue weighted by atomic mass is 32.2. The summed E-state index contributed by atoms with van der Waals surface area (Å²) in [4.78, 5) is 72.6. The van der Waals surface area contributed by atoms with E-state index in [1.165, 1.54) is 11.8 Å². The molecule has 1 spiro atoms. The number of hydrogen-bond acceptors (Lipinski definition) is 11. The maximum atomic E-state index is 14.0. The molecule has 0 bridgehead atoms. The van der Waals surface area contributed by atoms with Gasteiger partial charge in [-0.3, -0.25) is 24.0 Å². The maximum Gasteiger partial charge on any atom is 0.260 e. The molecule has 4 aliphatic carbocycles. The third-order valence-corrected chi connectivity index (χ3v) is 10.8. The Morgan fingerprint density at radius 3 is 2.23 bits per heavy atom. The van der Waals surface area contributed by atoms with Crippen molar-refractivity contribution in [1.82, 2.24) is 9.88 Å². The predicted octanol–water partition coefficient (Wildman–Crippen LogP) is 1.16. The number of ether oxygens (including phenoxy) is 1. The molecule has 0 aliphatic heterocycles. The lowest BCUT2D eigenvalue weighted by Crippen LogP contribution is -2.51. The number of phenols is 1. The van der Waals surface area contributed by atoms with Gasteiger partial charge in [0.1, 0.15) is 22.7 Å². The van der Waals surface area contributed by atoms with Crippen molar-refractivity contribution in [2.45, 2.75) is 37.9 Å².